The molecule has 0 aromatic rings. The van der Waals surface area contributed by atoms with Crippen molar-refractivity contribution in [1.29, 1.82) is 5.26 Å². The molecule has 0 saturated heterocycles. The van der Waals surface area contributed by atoms with Crippen molar-refractivity contribution in [3.05, 3.63) is 0 Å². The Kier molecular flexibility index (Phi) is 13.5. The van der Waals surface area contributed by atoms with E-state index >= 15 is 0 Å². The summed E-state index contributed by atoms with van der Waals surface area (Å²) in [5, 5.41) is 23.9. The van der Waals surface area contributed by atoms with Gasteiger partial charge in [-0.1, -0.05) is 0 Å². The van der Waals surface area contributed by atoms with Crippen molar-refractivity contribution in [2.24, 2.45) is 31.9 Å². The van der Waals surface area contributed by atoms with Crippen molar-refractivity contribution < 1.29 is 20.5 Å². The summed E-state index contributed by atoms with van der Waals surface area (Å²) in [5.74, 6) is -1.22. The zero-order valence-electron chi connectivity index (χ0n) is 17.7. The Bertz CT molecular complexity index is 555. The summed E-state index contributed by atoms with van der Waals surface area (Å²) in [6, 6.07) is 2.05. The van der Waals surface area contributed by atoms with Crippen LogP contribution in [0.4, 0.5) is 0 Å². The number of amides is 2. The highest BCUT2D eigenvalue weighted by molar-refractivity contribution is 5.84. The summed E-state index contributed by atoms with van der Waals surface area (Å²) in [6.07, 6.45) is 0. The lowest BCUT2D eigenvalue weighted by molar-refractivity contribution is -0.124. The lowest BCUT2D eigenvalue weighted by atomic mass is 10.1. The molecular weight excluding hydrogens is 354 g/mol. The maximum absolute atomic E-state index is 10.9. The molecule has 0 heterocycles. The number of carbonyl (C=O) groups is 2. The van der Waals surface area contributed by atoms with E-state index in [2.05, 4.69) is 26.5 Å². The molecule has 158 valence electrons. The summed E-state index contributed by atoms with van der Waals surface area (Å²) in [5.41, 5.74) is 7.02. The van der Waals surface area contributed by atoms with Crippen LogP contribution in [-0.2, 0) is 9.59 Å². The van der Waals surface area contributed by atoms with E-state index in [1.54, 1.807) is 13.8 Å². The first-order valence-corrected chi connectivity index (χ1v) is 7.75. The molecule has 0 rings (SSSR count). The zero-order chi connectivity index (χ0) is 20.7. The highest BCUT2D eigenvalue weighted by Gasteiger charge is 2.29. The van der Waals surface area contributed by atoms with E-state index in [-0.39, 0.29) is 16.5 Å². The third kappa shape index (κ3) is 15.5. The van der Waals surface area contributed by atoms with Crippen LogP contribution in [0.3, 0.4) is 0 Å². The summed E-state index contributed by atoms with van der Waals surface area (Å²) in [7, 11) is 0. The van der Waals surface area contributed by atoms with Gasteiger partial charge in [0, 0.05) is 0 Å². The topological polar surface area (TPSA) is 222 Å². The molecule has 0 aliphatic carbocycles. The molecule has 8 N–H and O–H groups in total. The summed E-state index contributed by atoms with van der Waals surface area (Å²) in [6.45, 7) is 15.4. The third-order valence-electron chi connectivity index (χ3n) is 2.63. The molecule has 0 fully saturated rings. The van der Waals surface area contributed by atoms with Crippen molar-refractivity contribution in [3.8, 4) is 6.07 Å². The lowest BCUT2D eigenvalue weighted by Crippen LogP contribution is -2.39. The molecule has 0 spiro atoms. The Balaban J connectivity index is -0.000000187. The number of rotatable bonds is 5. The van der Waals surface area contributed by atoms with Crippen LogP contribution in [0.2, 0.25) is 0 Å². The van der Waals surface area contributed by atoms with Gasteiger partial charge in [-0.05, 0) is 62.3 Å². The molecule has 0 aromatic heterocycles. The molecule has 0 bridgehead atoms. The Morgan fingerprint density at radius 1 is 0.704 bits per heavy atom. The predicted octanol–water partition coefficient (Wildman–Crippen LogP) is 0.856. The number of nitrogens with two attached hydrogens (primary N) is 2. The normalized spacial score (nSPS) is 12.3. The molecule has 0 aliphatic heterocycles. The smallest absolute Gasteiger partial charge is 0.246 e. The number of primary amides is 2. The van der Waals surface area contributed by atoms with Gasteiger partial charge < -0.3 is 22.4 Å². The number of azo groups is 2. The highest BCUT2D eigenvalue weighted by Crippen LogP contribution is 2.15. The number of nitrogens with zero attached hydrogens (tertiary/aromatic N) is 5. The molecule has 0 unspecified atom stereocenters. The van der Waals surface area contributed by atoms with E-state index in [4.69, 9.17) is 16.7 Å². The van der Waals surface area contributed by atoms with Crippen LogP contribution < -0.4 is 11.5 Å². The quantitative estimate of drug-likeness (QED) is 0.653. The number of carbonyl (C=O) groups excluding carboxylic acids is 2. The van der Waals surface area contributed by atoms with Crippen molar-refractivity contribution in [3.63, 3.8) is 0 Å². The number of hydrogen-bond acceptors (Lipinski definition) is 7. The molecule has 11 nitrogen and oxygen atoms in total. The zero-order valence-corrected chi connectivity index (χ0v) is 17.7. The summed E-state index contributed by atoms with van der Waals surface area (Å²) >= 11 is 0. The second-order valence-corrected chi connectivity index (χ2v) is 8.09. The third-order valence-corrected chi connectivity index (χ3v) is 2.63. The van der Waals surface area contributed by atoms with E-state index in [9.17, 15) is 9.59 Å². The molecular formula is C16H35N7O4. The average Bonchev–Trinajstić information content (AvgIpc) is 2.43. The van der Waals surface area contributed by atoms with Gasteiger partial charge in [-0.25, -0.2) is 0 Å². The molecule has 0 aliphatic rings. The minimum absolute atomic E-state index is 0. The number of hydrogen-bond donors (Lipinski definition) is 2. The van der Waals surface area contributed by atoms with E-state index in [1.165, 1.54) is 27.7 Å². The fraction of sp³-hybridized carbons (Fsp3) is 0.812. The molecule has 11 heteroatoms. The second kappa shape index (κ2) is 11.3. The lowest BCUT2D eigenvalue weighted by Gasteiger charge is -2.17. The van der Waals surface area contributed by atoms with Gasteiger partial charge in [0.2, 0.25) is 11.8 Å². The molecule has 27 heavy (non-hydrogen) atoms. The SMILES string of the molecule is CC(C)(C)N=NC(C)(C)C#N.CC(C)(N=NC(C)(C)C(N)=O)C(N)=O.O.O. The highest BCUT2D eigenvalue weighted by atomic mass is 16.2. The van der Waals surface area contributed by atoms with Crippen LogP contribution in [0.5, 0.6) is 0 Å². The van der Waals surface area contributed by atoms with Crippen LogP contribution in [0, 0.1) is 11.3 Å². The predicted molar refractivity (Wildman–Crippen MR) is 103 cm³/mol. The van der Waals surface area contributed by atoms with Crippen LogP contribution in [0.25, 0.3) is 0 Å². The Labute approximate surface area is 160 Å². The standard InChI is InChI=1S/C8H16N4O2.C8H15N3.2H2O/c1-7(2,5(9)13)11-12-8(3,4)6(10)14;1-7(2,3)10-11-8(4,5)6-9;;/h1-4H3,(H2,9,13)(H2,10,14);1-5H3;2*1H2. The van der Waals surface area contributed by atoms with Crippen LogP contribution >= 0.6 is 0 Å². The molecule has 0 radical (unpaired) electrons. The molecule has 0 aromatic carbocycles. The largest absolute Gasteiger partial charge is 0.412 e. The van der Waals surface area contributed by atoms with Gasteiger partial charge >= 0.3 is 0 Å². The van der Waals surface area contributed by atoms with Crippen LogP contribution in [0.1, 0.15) is 62.3 Å². The average molecular weight is 390 g/mol. The first kappa shape index (κ1) is 32.2. The van der Waals surface area contributed by atoms with Crippen molar-refractivity contribution in [2.45, 2.75) is 84.5 Å². The summed E-state index contributed by atoms with van der Waals surface area (Å²) in [4.78, 5) is 21.7. The Morgan fingerprint density at radius 3 is 1.19 bits per heavy atom. The van der Waals surface area contributed by atoms with Gasteiger partial charge in [0.25, 0.3) is 0 Å². The van der Waals surface area contributed by atoms with Gasteiger partial charge in [-0.2, -0.15) is 25.7 Å². The van der Waals surface area contributed by atoms with E-state index < -0.39 is 28.4 Å². The minimum Gasteiger partial charge on any atom is -0.412 e. The molecule has 2 amide bonds. The monoisotopic (exact) mass is 389 g/mol. The molecule has 0 saturated carbocycles. The summed E-state index contributed by atoms with van der Waals surface area (Å²) < 4.78 is 0. The van der Waals surface area contributed by atoms with Gasteiger partial charge in [0.05, 0.1) is 11.6 Å². The van der Waals surface area contributed by atoms with E-state index in [0.717, 1.165) is 0 Å². The first-order valence-electron chi connectivity index (χ1n) is 7.75. The number of nitriles is 1. The van der Waals surface area contributed by atoms with Crippen LogP contribution in [0.15, 0.2) is 20.5 Å². The van der Waals surface area contributed by atoms with Crippen LogP contribution in [-0.4, -0.2) is 44.9 Å². The van der Waals surface area contributed by atoms with Gasteiger partial charge in [-0.3, -0.25) is 9.59 Å². The first-order chi connectivity index (χ1) is 10.9. The molecule has 0 atom stereocenters. The van der Waals surface area contributed by atoms with Crippen molar-refractivity contribution in [2.75, 3.05) is 0 Å². The van der Waals surface area contributed by atoms with E-state index in [0.29, 0.717) is 0 Å². The van der Waals surface area contributed by atoms with Gasteiger partial charge in [-0.15, -0.1) is 0 Å². The van der Waals surface area contributed by atoms with E-state index in [1.807, 2.05) is 20.8 Å². The Morgan fingerprint density at radius 2 is 1.00 bits per heavy atom. The minimum atomic E-state index is -1.12. The van der Waals surface area contributed by atoms with Gasteiger partial charge in [0.1, 0.15) is 0 Å². The fourth-order valence-electron chi connectivity index (χ4n) is 0.646. The Hall–Kier alpha value is -2.45. The maximum Gasteiger partial charge on any atom is 0.246 e. The maximum atomic E-state index is 10.9. The fourth-order valence-corrected chi connectivity index (χ4v) is 0.646. The van der Waals surface area contributed by atoms with Crippen molar-refractivity contribution >= 4 is 11.8 Å². The second-order valence-electron chi connectivity index (χ2n) is 8.09. The van der Waals surface area contributed by atoms with Gasteiger partial charge in [0.15, 0.2) is 16.6 Å². The van der Waals surface area contributed by atoms with Crippen molar-refractivity contribution in [1.82, 2.24) is 0 Å².